The molecule has 28 heavy (non-hydrogen) atoms. The number of amides is 1. The third kappa shape index (κ3) is 4.56. The molecule has 4 heterocycles. The lowest BCUT2D eigenvalue weighted by Gasteiger charge is -2.40. The summed E-state index contributed by atoms with van der Waals surface area (Å²) in [5, 5.41) is 7.69. The van der Waals surface area contributed by atoms with Crippen LogP contribution < -0.4 is 0 Å². The molecule has 0 N–H and O–H groups in total. The van der Waals surface area contributed by atoms with Gasteiger partial charge in [0.25, 0.3) is 0 Å². The van der Waals surface area contributed by atoms with Crippen LogP contribution in [0, 0.1) is 6.92 Å². The first-order valence-corrected chi connectivity index (χ1v) is 10.0. The van der Waals surface area contributed by atoms with E-state index in [1.54, 1.807) is 12.7 Å². The zero-order valence-corrected chi connectivity index (χ0v) is 16.5. The van der Waals surface area contributed by atoms with Crippen molar-refractivity contribution in [1.29, 1.82) is 0 Å². The van der Waals surface area contributed by atoms with E-state index < -0.39 is 0 Å². The Bertz CT molecular complexity index is 786. The summed E-state index contributed by atoms with van der Waals surface area (Å²) < 4.78 is 8.25. The van der Waals surface area contributed by atoms with Crippen LogP contribution in [0.25, 0.3) is 0 Å². The Kier molecular flexibility index (Phi) is 5.68. The van der Waals surface area contributed by atoms with Crippen LogP contribution in [-0.2, 0) is 22.6 Å². The molecule has 0 atom stereocenters. The highest BCUT2D eigenvalue weighted by Gasteiger charge is 2.40. The number of likely N-dealkylation sites (tertiary alicyclic amines) is 1. The molecule has 8 heteroatoms. The molecule has 0 radical (unpaired) electrons. The van der Waals surface area contributed by atoms with Crippen molar-refractivity contribution in [3.05, 3.63) is 42.2 Å². The molecule has 150 valence electrons. The molecule has 1 amide bonds. The molecular formula is C20H28N6O2. The standard InChI is InChI=1S/C20H28N6O2/c1-17-3-2-4-18(23-17)14-26-11-12-28-20(13-19(26)27)5-7-24(8-6-20)9-10-25-15-21-22-16-25/h2-4,15-16H,5-14H2,1H3. The SMILES string of the molecule is Cc1cccc(CN2CCOC3(CCN(CCn4cnnc4)CC3)CC2=O)n1. The van der Waals surface area contributed by atoms with Gasteiger partial charge in [0.15, 0.2) is 0 Å². The number of ether oxygens (including phenoxy) is 1. The Balaban J connectivity index is 1.31. The van der Waals surface area contributed by atoms with Crippen LogP contribution in [0.3, 0.4) is 0 Å². The third-order valence-electron chi connectivity index (χ3n) is 5.80. The highest BCUT2D eigenvalue weighted by atomic mass is 16.5. The van der Waals surface area contributed by atoms with Gasteiger partial charge in [-0.2, -0.15) is 0 Å². The molecule has 0 unspecified atom stereocenters. The molecule has 0 saturated carbocycles. The van der Waals surface area contributed by atoms with E-state index in [-0.39, 0.29) is 11.5 Å². The van der Waals surface area contributed by atoms with Crippen LogP contribution in [0.4, 0.5) is 0 Å². The van der Waals surface area contributed by atoms with E-state index in [1.165, 1.54) is 0 Å². The second kappa shape index (κ2) is 8.36. The number of pyridine rings is 1. The van der Waals surface area contributed by atoms with Crippen LogP contribution in [0.2, 0.25) is 0 Å². The summed E-state index contributed by atoms with van der Waals surface area (Å²) in [6.45, 7) is 7.52. The first-order valence-electron chi connectivity index (χ1n) is 10.0. The fourth-order valence-corrected chi connectivity index (χ4v) is 4.09. The Morgan fingerprint density at radius 2 is 1.89 bits per heavy atom. The van der Waals surface area contributed by atoms with Gasteiger partial charge in [-0.3, -0.25) is 9.78 Å². The van der Waals surface area contributed by atoms with Crippen molar-refractivity contribution in [2.45, 2.75) is 44.9 Å². The topological polar surface area (TPSA) is 76.4 Å². The Morgan fingerprint density at radius 3 is 2.64 bits per heavy atom. The average molecular weight is 384 g/mol. The first-order chi connectivity index (χ1) is 13.6. The zero-order valence-electron chi connectivity index (χ0n) is 16.5. The molecule has 2 saturated heterocycles. The normalized spacial score (nSPS) is 20.5. The minimum Gasteiger partial charge on any atom is -0.373 e. The fourth-order valence-electron chi connectivity index (χ4n) is 4.09. The molecule has 4 rings (SSSR count). The number of nitrogens with zero attached hydrogens (tertiary/aromatic N) is 6. The highest BCUT2D eigenvalue weighted by molar-refractivity contribution is 5.77. The summed E-state index contributed by atoms with van der Waals surface area (Å²) in [5.74, 6) is 0.179. The number of carbonyl (C=O) groups is 1. The van der Waals surface area contributed by atoms with Crippen molar-refractivity contribution in [3.63, 3.8) is 0 Å². The van der Waals surface area contributed by atoms with Gasteiger partial charge in [0, 0.05) is 38.4 Å². The van der Waals surface area contributed by atoms with E-state index in [2.05, 4.69) is 20.1 Å². The van der Waals surface area contributed by atoms with Gasteiger partial charge in [-0.05, 0) is 31.9 Å². The van der Waals surface area contributed by atoms with Gasteiger partial charge < -0.3 is 19.1 Å². The molecular weight excluding hydrogens is 356 g/mol. The van der Waals surface area contributed by atoms with E-state index in [1.807, 2.05) is 34.6 Å². The second-order valence-electron chi connectivity index (χ2n) is 7.84. The number of aryl methyl sites for hydroxylation is 1. The van der Waals surface area contributed by atoms with Gasteiger partial charge in [0.05, 0.1) is 30.9 Å². The number of piperidine rings is 1. The second-order valence-corrected chi connectivity index (χ2v) is 7.84. The molecule has 8 nitrogen and oxygen atoms in total. The summed E-state index contributed by atoms with van der Waals surface area (Å²) in [5.41, 5.74) is 1.61. The molecule has 2 aliphatic heterocycles. The maximum absolute atomic E-state index is 12.9. The molecule has 2 aromatic heterocycles. The molecule has 0 aliphatic carbocycles. The van der Waals surface area contributed by atoms with Gasteiger partial charge >= 0.3 is 0 Å². The molecule has 1 spiro atoms. The Morgan fingerprint density at radius 1 is 1.11 bits per heavy atom. The minimum atomic E-state index is -0.307. The molecule has 0 aromatic carbocycles. The van der Waals surface area contributed by atoms with Crippen molar-refractivity contribution in [2.24, 2.45) is 0 Å². The van der Waals surface area contributed by atoms with Gasteiger partial charge in [-0.25, -0.2) is 0 Å². The summed E-state index contributed by atoms with van der Waals surface area (Å²) >= 11 is 0. The molecule has 2 aliphatic rings. The minimum absolute atomic E-state index is 0.179. The lowest BCUT2D eigenvalue weighted by molar-refractivity contribution is -0.136. The molecule has 0 bridgehead atoms. The predicted octanol–water partition coefficient (Wildman–Crippen LogP) is 1.27. The van der Waals surface area contributed by atoms with Crippen molar-refractivity contribution >= 4 is 5.91 Å². The summed E-state index contributed by atoms with van der Waals surface area (Å²) in [6.07, 6.45) is 5.76. The smallest absolute Gasteiger partial charge is 0.225 e. The maximum atomic E-state index is 12.9. The van der Waals surface area contributed by atoms with Crippen LogP contribution in [0.1, 0.15) is 30.7 Å². The number of rotatable bonds is 5. The van der Waals surface area contributed by atoms with E-state index >= 15 is 0 Å². The first kappa shape index (κ1) is 19.0. The Labute approximate surface area is 165 Å². The zero-order chi connectivity index (χ0) is 19.4. The van der Waals surface area contributed by atoms with Crippen molar-refractivity contribution < 1.29 is 9.53 Å². The van der Waals surface area contributed by atoms with Gasteiger partial charge in [0.2, 0.25) is 5.91 Å². The van der Waals surface area contributed by atoms with Gasteiger partial charge in [-0.15, -0.1) is 10.2 Å². The monoisotopic (exact) mass is 384 g/mol. The number of hydrogen-bond donors (Lipinski definition) is 0. The van der Waals surface area contributed by atoms with Crippen molar-refractivity contribution in [3.8, 4) is 0 Å². The number of aromatic nitrogens is 4. The Hall–Kier alpha value is -2.32. The number of hydrogen-bond acceptors (Lipinski definition) is 6. The lowest BCUT2D eigenvalue weighted by Crippen LogP contribution is -2.47. The highest BCUT2D eigenvalue weighted by Crippen LogP contribution is 2.32. The summed E-state index contributed by atoms with van der Waals surface area (Å²) in [4.78, 5) is 21.8. The van der Waals surface area contributed by atoms with Crippen LogP contribution in [0.5, 0.6) is 0 Å². The van der Waals surface area contributed by atoms with E-state index in [9.17, 15) is 4.79 Å². The fraction of sp³-hybridized carbons (Fsp3) is 0.600. The van der Waals surface area contributed by atoms with E-state index in [4.69, 9.17) is 4.74 Å². The average Bonchev–Trinajstić information content (AvgIpc) is 3.15. The van der Waals surface area contributed by atoms with E-state index in [0.29, 0.717) is 26.1 Å². The predicted molar refractivity (Wildman–Crippen MR) is 103 cm³/mol. The summed E-state index contributed by atoms with van der Waals surface area (Å²) in [7, 11) is 0. The molecule has 2 fully saturated rings. The summed E-state index contributed by atoms with van der Waals surface area (Å²) in [6, 6.07) is 5.95. The van der Waals surface area contributed by atoms with Crippen LogP contribution in [-0.4, -0.2) is 73.8 Å². The number of carbonyl (C=O) groups excluding carboxylic acids is 1. The molecule has 2 aromatic rings. The van der Waals surface area contributed by atoms with Gasteiger partial charge in [-0.1, -0.05) is 6.07 Å². The van der Waals surface area contributed by atoms with E-state index in [0.717, 1.165) is 50.4 Å². The van der Waals surface area contributed by atoms with Crippen LogP contribution >= 0.6 is 0 Å². The largest absolute Gasteiger partial charge is 0.373 e. The maximum Gasteiger partial charge on any atom is 0.225 e. The van der Waals surface area contributed by atoms with Crippen LogP contribution in [0.15, 0.2) is 30.9 Å². The van der Waals surface area contributed by atoms with Crippen molar-refractivity contribution in [2.75, 3.05) is 32.8 Å². The van der Waals surface area contributed by atoms with Crippen molar-refractivity contribution in [1.82, 2.24) is 29.5 Å². The lowest BCUT2D eigenvalue weighted by atomic mass is 9.87. The third-order valence-corrected chi connectivity index (χ3v) is 5.80. The van der Waals surface area contributed by atoms with Gasteiger partial charge in [0.1, 0.15) is 12.7 Å². The quantitative estimate of drug-likeness (QED) is 0.773.